The smallest absolute Gasteiger partial charge is 0.250 e. The van der Waals surface area contributed by atoms with Crippen LogP contribution in [0.1, 0.15) is 0 Å². The van der Waals surface area contributed by atoms with Crippen LogP contribution in [0, 0.1) is 0 Å². The van der Waals surface area contributed by atoms with Gasteiger partial charge in [-0.25, -0.2) is 0 Å². The summed E-state index contributed by atoms with van der Waals surface area (Å²) in [7, 11) is 0. The predicted molar refractivity (Wildman–Crippen MR) is 77.7 cm³/mol. The molecule has 0 amide bonds. The number of fused-ring (bicyclic) bond motifs is 1. The van der Waals surface area contributed by atoms with E-state index in [9.17, 15) is 4.79 Å². The number of benzene rings is 1. The van der Waals surface area contributed by atoms with E-state index in [1.165, 1.54) is 0 Å². The maximum Gasteiger partial charge on any atom is 0.250 e. The van der Waals surface area contributed by atoms with Crippen molar-refractivity contribution in [1.29, 1.82) is 0 Å². The minimum absolute atomic E-state index is 0.0250. The topological polar surface area (TPSA) is 26.9 Å². The lowest BCUT2D eigenvalue weighted by atomic mass is 10.2. The third-order valence-electron chi connectivity index (χ3n) is 3.24. The molecule has 0 unspecified atom stereocenters. The molecule has 0 saturated carbocycles. The molecule has 3 aromatic rings. The summed E-state index contributed by atoms with van der Waals surface area (Å²) < 4.78 is 3.82. The van der Waals surface area contributed by atoms with Crippen LogP contribution in [-0.4, -0.2) is 9.13 Å². The largest absolute Gasteiger partial charge is 0.346 e. The van der Waals surface area contributed by atoms with E-state index in [-0.39, 0.29) is 5.56 Å². The number of nitrogens with zero attached hydrogens (tertiary/aromatic N) is 2. The molecule has 0 N–H and O–H groups in total. The molecule has 0 radical (unpaired) electrons. The fourth-order valence-electron chi connectivity index (χ4n) is 2.24. The monoisotopic (exact) mass is 272 g/mol. The molecule has 0 atom stereocenters. The van der Waals surface area contributed by atoms with Crippen LogP contribution in [-0.2, 0) is 13.1 Å². The van der Waals surface area contributed by atoms with Crippen molar-refractivity contribution in [2.45, 2.75) is 13.1 Å². The Hall–Kier alpha value is -2.00. The third-order valence-corrected chi connectivity index (χ3v) is 3.57. The summed E-state index contributed by atoms with van der Waals surface area (Å²) in [4.78, 5) is 11.6. The fraction of sp³-hybridized carbons (Fsp3) is 0.133. The third kappa shape index (κ3) is 2.29. The highest BCUT2D eigenvalue weighted by atomic mass is 35.5. The summed E-state index contributed by atoms with van der Waals surface area (Å²) in [6, 6.07) is 13.1. The lowest BCUT2D eigenvalue weighted by molar-refractivity contribution is 0.577. The van der Waals surface area contributed by atoms with Gasteiger partial charge in [-0.2, -0.15) is 0 Å². The number of rotatable bonds is 3. The van der Waals surface area contributed by atoms with E-state index in [0.29, 0.717) is 6.54 Å². The lowest BCUT2D eigenvalue weighted by Crippen LogP contribution is -2.20. The first-order valence-corrected chi connectivity index (χ1v) is 6.52. The Balaban J connectivity index is 1.89. The summed E-state index contributed by atoms with van der Waals surface area (Å²) in [6.07, 6.45) is 3.81. The van der Waals surface area contributed by atoms with Crippen molar-refractivity contribution in [3.05, 3.63) is 70.2 Å². The Morgan fingerprint density at radius 2 is 1.74 bits per heavy atom. The van der Waals surface area contributed by atoms with E-state index >= 15 is 0 Å². The molecule has 0 aliphatic carbocycles. The molecule has 2 aromatic heterocycles. The molecule has 19 heavy (non-hydrogen) atoms. The molecule has 0 aliphatic rings. The number of hydrogen-bond donors (Lipinski definition) is 0. The Kier molecular flexibility index (Phi) is 3.13. The normalized spacial score (nSPS) is 11.0. The zero-order valence-corrected chi connectivity index (χ0v) is 11.0. The fourth-order valence-corrected chi connectivity index (χ4v) is 2.47. The quantitative estimate of drug-likeness (QED) is 0.719. The van der Waals surface area contributed by atoms with Gasteiger partial charge in [-0.3, -0.25) is 4.79 Å². The van der Waals surface area contributed by atoms with Crippen LogP contribution in [0.5, 0.6) is 0 Å². The van der Waals surface area contributed by atoms with Gasteiger partial charge in [-0.15, -0.1) is 0 Å². The van der Waals surface area contributed by atoms with Gasteiger partial charge in [0, 0.05) is 47.5 Å². The molecule has 0 spiro atoms. The van der Waals surface area contributed by atoms with Gasteiger partial charge in [-0.05, 0) is 24.3 Å². The average molecular weight is 273 g/mol. The van der Waals surface area contributed by atoms with Crippen molar-refractivity contribution in [1.82, 2.24) is 9.13 Å². The van der Waals surface area contributed by atoms with Crippen molar-refractivity contribution < 1.29 is 0 Å². The molecule has 96 valence electrons. The maximum atomic E-state index is 11.6. The van der Waals surface area contributed by atoms with Crippen molar-refractivity contribution >= 4 is 22.5 Å². The zero-order chi connectivity index (χ0) is 13.2. The van der Waals surface area contributed by atoms with Crippen molar-refractivity contribution in [2.75, 3.05) is 0 Å². The number of aromatic nitrogens is 2. The first kappa shape index (κ1) is 12.1. The summed E-state index contributed by atoms with van der Waals surface area (Å²) in [5.74, 6) is 0. The first-order chi connectivity index (χ1) is 9.25. The Bertz CT molecular complexity index is 773. The van der Waals surface area contributed by atoms with Gasteiger partial charge in [0.2, 0.25) is 0 Å². The van der Waals surface area contributed by atoms with Crippen molar-refractivity contribution in [2.24, 2.45) is 0 Å². The summed E-state index contributed by atoms with van der Waals surface area (Å²) >= 11 is 6.14. The van der Waals surface area contributed by atoms with E-state index in [1.807, 2.05) is 36.5 Å². The summed E-state index contributed by atoms with van der Waals surface area (Å²) in [5, 5.41) is 1.80. The SMILES string of the molecule is O=c1ccccn1CCn1ccc2c(Cl)cccc21. The Morgan fingerprint density at radius 3 is 2.58 bits per heavy atom. The zero-order valence-electron chi connectivity index (χ0n) is 10.3. The van der Waals surface area contributed by atoms with E-state index < -0.39 is 0 Å². The minimum atomic E-state index is 0.0250. The van der Waals surface area contributed by atoms with Gasteiger partial charge >= 0.3 is 0 Å². The number of halogens is 1. The molecular weight excluding hydrogens is 260 g/mol. The molecule has 2 heterocycles. The van der Waals surface area contributed by atoms with Gasteiger partial charge in [0.1, 0.15) is 0 Å². The van der Waals surface area contributed by atoms with Gasteiger partial charge in [-0.1, -0.05) is 23.7 Å². The van der Waals surface area contributed by atoms with Crippen LogP contribution in [0.25, 0.3) is 10.9 Å². The molecule has 0 fully saturated rings. The van der Waals surface area contributed by atoms with Crippen LogP contribution in [0.3, 0.4) is 0 Å². The molecule has 4 heteroatoms. The van der Waals surface area contributed by atoms with Gasteiger partial charge in [0.05, 0.1) is 0 Å². The second-order valence-electron chi connectivity index (χ2n) is 4.41. The van der Waals surface area contributed by atoms with Crippen LogP contribution in [0.4, 0.5) is 0 Å². The van der Waals surface area contributed by atoms with Gasteiger partial charge in [0.15, 0.2) is 0 Å². The maximum absolute atomic E-state index is 11.6. The van der Waals surface area contributed by atoms with Crippen LogP contribution < -0.4 is 5.56 Å². The molecule has 3 nitrogen and oxygen atoms in total. The second kappa shape index (κ2) is 4.94. The highest BCUT2D eigenvalue weighted by Gasteiger charge is 2.04. The Morgan fingerprint density at radius 1 is 0.895 bits per heavy atom. The standard InChI is InChI=1S/C15H13ClN2O/c16-13-4-3-5-14-12(13)7-9-17(14)10-11-18-8-2-1-6-15(18)19/h1-9H,10-11H2. The Labute approximate surface area is 115 Å². The van der Waals surface area contributed by atoms with Crippen LogP contribution in [0.2, 0.25) is 5.02 Å². The highest BCUT2D eigenvalue weighted by Crippen LogP contribution is 2.24. The molecule has 0 aliphatic heterocycles. The summed E-state index contributed by atoms with van der Waals surface area (Å²) in [5.41, 5.74) is 1.12. The second-order valence-corrected chi connectivity index (χ2v) is 4.82. The molecular formula is C15H13ClN2O. The summed E-state index contributed by atoms with van der Waals surface area (Å²) in [6.45, 7) is 1.39. The lowest BCUT2D eigenvalue weighted by Gasteiger charge is -2.08. The van der Waals surface area contributed by atoms with Crippen molar-refractivity contribution in [3.63, 3.8) is 0 Å². The highest BCUT2D eigenvalue weighted by molar-refractivity contribution is 6.35. The molecule has 0 bridgehead atoms. The average Bonchev–Trinajstić information content (AvgIpc) is 2.83. The van der Waals surface area contributed by atoms with Gasteiger partial charge < -0.3 is 9.13 Å². The molecule has 3 rings (SSSR count). The van der Waals surface area contributed by atoms with E-state index in [4.69, 9.17) is 11.6 Å². The predicted octanol–water partition coefficient (Wildman–Crippen LogP) is 3.16. The van der Waals surface area contributed by atoms with Crippen LogP contribution in [0.15, 0.2) is 59.7 Å². The van der Waals surface area contributed by atoms with E-state index in [0.717, 1.165) is 22.5 Å². The first-order valence-electron chi connectivity index (χ1n) is 6.14. The number of pyridine rings is 1. The minimum Gasteiger partial charge on any atom is -0.346 e. The van der Waals surface area contributed by atoms with Crippen molar-refractivity contribution in [3.8, 4) is 0 Å². The molecule has 1 aromatic carbocycles. The molecule has 0 saturated heterocycles. The van der Waals surface area contributed by atoms with E-state index in [1.54, 1.807) is 22.9 Å². The number of aryl methyl sites for hydroxylation is 2. The number of hydrogen-bond acceptors (Lipinski definition) is 1. The van der Waals surface area contributed by atoms with Gasteiger partial charge in [0.25, 0.3) is 5.56 Å². The van der Waals surface area contributed by atoms with Crippen LogP contribution >= 0.6 is 11.6 Å². The van der Waals surface area contributed by atoms with E-state index in [2.05, 4.69) is 4.57 Å².